The SMILES string of the molecule is O=C(O)C[C@@H]1C[C@@H]1c1cn(C(c2ccccc2)(c2ccccc2)c2ccccc2)cn1. The quantitative estimate of drug-likeness (QED) is 0.422. The number of benzene rings is 3. The van der Waals surface area contributed by atoms with Gasteiger partial charge in [-0.05, 0) is 29.0 Å². The zero-order valence-corrected chi connectivity index (χ0v) is 17.1. The van der Waals surface area contributed by atoms with Crippen molar-refractivity contribution in [2.45, 2.75) is 24.3 Å². The van der Waals surface area contributed by atoms with Crippen LogP contribution in [0.3, 0.4) is 0 Å². The van der Waals surface area contributed by atoms with Gasteiger partial charge in [0.2, 0.25) is 0 Å². The molecule has 3 aromatic carbocycles. The first-order valence-corrected chi connectivity index (χ1v) is 10.6. The minimum absolute atomic E-state index is 0.181. The number of carboxylic acids is 1. The van der Waals surface area contributed by atoms with Gasteiger partial charge in [-0.1, -0.05) is 91.0 Å². The molecule has 0 bridgehead atoms. The molecule has 0 aliphatic heterocycles. The molecule has 0 saturated heterocycles. The van der Waals surface area contributed by atoms with Crippen molar-refractivity contribution in [2.24, 2.45) is 5.92 Å². The summed E-state index contributed by atoms with van der Waals surface area (Å²) < 4.78 is 2.19. The van der Waals surface area contributed by atoms with Crippen molar-refractivity contribution in [3.8, 4) is 0 Å². The van der Waals surface area contributed by atoms with Crippen molar-refractivity contribution in [2.75, 3.05) is 0 Å². The summed E-state index contributed by atoms with van der Waals surface area (Å²) in [6, 6.07) is 31.4. The van der Waals surface area contributed by atoms with E-state index >= 15 is 0 Å². The van der Waals surface area contributed by atoms with Gasteiger partial charge in [-0.15, -0.1) is 0 Å². The Balaban J connectivity index is 1.69. The van der Waals surface area contributed by atoms with Crippen molar-refractivity contribution in [1.82, 2.24) is 9.55 Å². The Morgan fingerprint density at radius 1 is 0.871 bits per heavy atom. The van der Waals surface area contributed by atoms with Gasteiger partial charge < -0.3 is 9.67 Å². The van der Waals surface area contributed by atoms with Gasteiger partial charge in [0.05, 0.1) is 12.0 Å². The van der Waals surface area contributed by atoms with E-state index in [9.17, 15) is 4.79 Å². The first kappa shape index (κ1) is 19.3. The van der Waals surface area contributed by atoms with E-state index in [1.165, 1.54) is 0 Å². The first-order valence-electron chi connectivity index (χ1n) is 10.6. The molecule has 5 rings (SSSR count). The minimum Gasteiger partial charge on any atom is -0.481 e. The first-order chi connectivity index (χ1) is 15.2. The van der Waals surface area contributed by atoms with Crippen LogP contribution in [0.1, 0.15) is 41.1 Å². The smallest absolute Gasteiger partial charge is 0.303 e. The van der Waals surface area contributed by atoms with Crippen molar-refractivity contribution in [3.63, 3.8) is 0 Å². The number of imidazole rings is 1. The van der Waals surface area contributed by atoms with Crippen LogP contribution in [0.2, 0.25) is 0 Å². The van der Waals surface area contributed by atoms with E-state index < -0.39 is 11.5 Å². The average Bonchev–Trinajstić information content (AvgIpc) is 3.38. The third-order valence-corrected chi connectivity index (χ3v) is 6.30. The molecule has 31 heavy (non-hydrogen) atoms. The summed E-state index contributed by atoms with van der Waals surface area (Å²) in [5, 5.41) is 9.14. The highest BCUT2D eigenvalue weighted by Crippen LogP contribution is 2.50. The van der Waals surface area contributed by atoms with Crippen LogP contribution in [0.4, 0.5) is 0 Å². The lowest BCUT2D eigenvalue weighted by Crippen LogP contribution is -2.36. The summed E-state index contributed by atoms with van der Waals surface area (Å²) in [4.78, 5) is 15.9. The summed E-state index contributed by atoms with van der Waals surface area (Å²) in [6.07, 6.45) is 5.11. The maximum atomic E-state index is 11.1. The van der Waals surface area contributed by atoms with Gasteiger partial charge in [0.1, 0.15) is 5.54 Å². The molecular weight excluding hydrogens is 384 g/mol. The number of hydrogen-bond donors (Lipinski definition) is 1. The van der Waals surface area contributed by atoms with Crippen molar-refractivity contribution in [3.05, 3.63) is 126 Å². The molecule has 0 spiro atoms. The van der Waals surface area contributed by atoms with Gasteiger partial charge in [-0.25, -0.2) is 4.98 Å². The lowest BCUT2D eigenvalue weighted by atomic mass is 9.77. The summed E-state index contributed by atoms with van der Waals surface area (Å²) in [5.41, 5.74) is 3.84. The summed E-state index contributed by atoms with van der Waals surface area (Å²) in [6.45, 7) is 0. The van der Waals surface area contributed by atoms with Crippen LogP contribution >= 0.6 is 0 Å². The van der Waals surface area contributed by atoms with E-state index in [1.807, 2.05) is 24.5 Å². The lowest BCUT2D eigenvalue weighted by Gasteiger charge is -2.37. The van der Waals surface area contributed by atoms with Crippen LogP contribution in [0.5, 0.6) is 0 Å². The topological polar surface area (TPSA) is 55.1 Å². The van der Waals surface area contributed by atoms with Crippen molar-refractivity contribution in [1.29, 1.82) is 0 Å². The molecule has 1 heterocycles. The van der Waals surface area contributed by atoms with Crippen molar-refractivity contribution < 1.29 is 9.90 Å². The molecule has 0 radical (unpaired) electrons. The third kappa shape index (κ3) is 3.44. The van der Waals surface area contributed by atoms with Crippen LogP contribution in [-0.4, -0.2) is 20.6 Å². The molecular formula is C27H24N2O2. The third-order valence-electron chi connectivity index (χ3n) is 6.30. The second-order valence-corrected chi connectivity index (χ2v) is 8.21. The standard InChI is InChI=1S/C27H24N2O2/c30-26(31)17-20-16-24(20)25-18-29(19-28-25)27(21-10-4-1-5-11-21,22-12-6-2-7-13-22)23-14-8-3-9-15-23/h1-15,18-20,24H,16-17H2,(H,30,31)/t20-,24-/m0/s1. The largest absolute Gasteiger partial charge is 0.481 e. The Morgan fingerprint density at radius 3 is 1.81 bits per heavy atom. The average molecular weight is 409 g/mol. The predicted octanol–water partition coefficient (Wildman–Crippen LogP) is 5.30. The Labute approximate surface area is 181 Å². The molecule has 1 N–H and O–H groups in total. The number of nitrogens with zero attached hydrogens (tertiary/aromatic N) is 2. The molecule has 1 fully saturated rings. The van der Waals surface area contributed by atoms with Gasteiger partial charge in [0.25, 0.3) is 0 Å². The normalized spacial score (nSPS) is 17.9. The zero-order valence-electron chi connectivity index (χ0n) is 17.1. The highest BCUT2D eigenvalue weighted by Gasteiger charge is 2.43. The van der Waals surface area contributed by atoms with Gasteiger partial charge in [0, 0.05) is 18.5 Å². The summed E-state index contributed by atoms with van der Waals surface area (Å²) >= 11 is 0. The van der Waals surface area contributed by atoms with Gasteiger partial charge >= 0.3 is 5.97 Å². The van der Waals surface area contributed by atoms with E-state index in [2.05, 4.69) is 83.6 Å². The van der Waals surface area contributed by atoms with Crippen LogP contribution in [0.25, 0.3) is 0 Å². The zero-order chi connectivity index (χ0) is 21.3. The molecule has 4 heteroatoms. The number of rotatable bonds is 7. The van der Waals surface area contributed by atoms with E-state index in [0.29, 0.717) is 0 Å². The Hall–Kier alpha value is -3.66. The van der Waals surface area contributed by atoms with Crippen LogP contribution < -0.4 is 0 Å². The predicted molar refractivity (Wildman–Crippen MR) is 120 cm³/mol. The Morgan fingerprint density at radius 2 is 1.35 bits per heavy atom. The molecule has 154 valence electrons. The fourth-order valence-corrected chi connectivity index (χ4v) is 4.76. The van der Waals surface area contributed by atoms with Gasteiger partial charge in [-0.2, -0.15) is 0 Å². The molecule has 0 unspecified atom stereocenters. The number of hydrogen-bond acceptors (Lipinski definition) is 2. The van der Waals surface area contributed by atoms with Crippen LogP contribution in [0, 0.1) is 5.92 Å². The Bertz CT molecular complexity index is 1070. The number of aliphatic carboxylic acids is 1. The molecule has 1 aromatic heterocycles. The second-order valence-electron chi connectivity index (χ2n) is 8.21. The van der Waals surface area contributed by atoms with E-state index in [0.717, 1.165) is 28.8 Å². The minimum atomic E-state index is -0.737. The van der Waals surface area contributed by atoms with Crippen LogP contribution in [-0.2, 0) is 10.3 Å². The fourth-order valence-electron chi connectivity index (χ4n) is 4.76. The molecule has 4 aromatic rings. The lowest BCUT2D eigenvalue weighted by molar-refractivity contribution is -0.137. The highest BCUT2D eigenvalue weighted by atomic mass is 16.4. The van der Waals surface area contributed by atoms with Crippen LogP contribution in [0.15, 0.2) is 104 Å². The van der Waals surface area contributed by atoms with E-state index in [-0.39, 0.29) is 18.3 Å². The van der Waals surface area contributed by atoms with E-state index in [4.69, 9.17) is 10.1 Å². The molecule has 1 aliphatic carbocycles. The number of carboxylic acid groups (broad SMARTS) is 1. The highest BCUT2D eigenvalue weighted by molar-refractivity contribution is 5.67. The monoisotopic (exact) mass is 408 g/mol. The number of carbonyl (C=O) groups is 1. The fraction of sp³-hybridized carbons (Fsp3) is 0.185. The molecule has 1 saturated carbocycles. The van der Waals surface area contributed by atoms with E-state index in [1.54, 1.807) is 0 Å². The molecule has 0 amide bonds. The summed E-state index contributed by atoms with van der Waals surface area (Å²) in [7, 11) is 0. The van der Waals surface area contributed by atoms with Crippen molar-refractivity contribution >= 4 is 5.97 Å². The maximum Gasteiger partial charge on any atom is 0.303 e. The Kier molecular flexibility index (Phi) is 4.91. The molecule has 1 aliphatic rings. The maximum absolute atomic E-state index is 11.1. The molecule has 2 atom stereocenters. The van der Waals surface area contributed by atoms with Gasteiger partial charge in [-0.3, -0.25) is 4.79 Å². The number of aromatic nitrogens is 2. The summed E-state index contributed by atoms with van der Waals surface area (Å²) in [5.74, 6) is -0.336. The van der Waals surface area contributed by atoms with Gasteiger partial charge in [0.15, 0.2) is 0 Å². The molecule has 4 nitrogen and oxygen atoms in total. The second kappa shape index (κ2) is 7.88.